The van der Waals surface area contributed by atoms with Crippen molar-refractivity contribution in [2.24, 2.45) is 0 Å². The summed E-state index contributed by atoms with van der Waals surface area (Å²) < 4.78 is 9.18. The van der Waals surface area contributed by atoms with Crippen LogP contribution in [0, 0.1) is 10.1 Å². The second kappa shape index (κ2) is 6.36. The van der Waals surface area contributed by atoms with Crippen LogP contribution in [-0.2, 0) is 14.3 Å². The van der Waals surface area contributed by atoms with Gasteiger partial charge in [0.1, 0.15) is 9.09 Å². The van der Waals surface area contributed by atoms with E-state index in [0.717, 1.165) is 29.2 Å². The Hall–Kier alpha value is -1.61. The Morgan fingerprint density at radius 1 is 1.44 bits per heavy atom. The molecule has 0 bridgehead atoms. The predicted molar refractivity (Wildman–Crippen MR) is 65.1 cm³/mol. The van der Waals surface area contributed by atoms with Gasteiger partial charge in [0.05, 0.1) is 24.9 Å². The van der Waals surface area contributed by atoms with Gasteiger partial charge in [-0.05, 0) is 0 Å². The number of hydrogen-bond donors (Lipinski definition) is 0. The van der Waals surface area contributed by atoms with Crippen molar-refractivity contribution in [3.63, 3.8) is 0 Å². The maximum atomic E-state index is 11.3. The van der Waals surface area contributed by atoms with Crippen molar-refractivity contribution in [1.82, 2.24) is 0 Å². The number of esters is 2. The Balaban J connectivity index is 2.94. The van der Waals surface area contributed by atoms with E-state index in [1.165, 1.54) is 14.2 Å². The van der Waals surface area contributed by atoms with Gasteiger partial charge in [-0.1, -0.05) is 11.8 Å². The average Bonchev–Trinajstić information content (AvgIpc) is 2.79. The lowest BCUT2D eigenvalue weighted by atomic mass is 10.4. The van der Waals surface area contributed by atoms with Crippen molar-refractivity contribution in [3.05, 3.63) is 21.1 Å². The molecule has 18 heavy (non-hydrogen) atoms. The summed E-state index contributed by atoms with van der Waals surface area (Å²) in [6.45, 7) is 0. The Labute approximate surface area is 110 Å². The second-order valence-electron chi connectivity index (χ2n) is 2.90. The molecule has 9 heteroatoms. The van der Waals surface area contributed by atoms with Crippen LogP contribution in [0.3, 0.4) is 0 Å². The zero-order chi connectivity index (χ0) is 13.7. The molecule has 0 saturated carbocycles. The number of carbonyl (C=O) groups excluding carboxylic acids is 2. The van der Waals surface area contributed by atoms with Crippen molar-refractivity contribution in [3.8, 4) is 0 Å². The number of thiophene rings is 1. The topological polar surface area (TPSA) is 95.7 Å². The zero-order valence-electron chi connectivity index (χ0n) is 9.50. The smallest absolute Gasteiger partial charge is 0.348 e. The lowest BCUT2D eigenvalue weighted by molar-refractivity contribution is -0.387. The predicted octanol–water partition coefficient (Wildman–Crippen LogP) is 1.71. The van der Waals surface area contributed by atoms with Crippen molar-refractivity contribution >= 4 is 40.7 Å². The minimum absolute atomic E-state index is 0.0571. The molecule has 1 rings (SSSR count). The summed E-state index contributed by atoms with van der Waals surface area (Å²) in [5.74, 6) is -1.20. The van der Waals surface area contributed by atoms with Crippen LogP contribution in [-0.4, -0.2) is 36.8 Å². The van der Waals surface area contributed by atoms with Gasteiger partial charge < -0.3 is 9.47 Å². The number of nitrogens with zero attached hydrogens (tertiary/aromatic N) is 1. The fraction of sp³-hybridized carbons (Fsp3) is 0.333. The van der Waals surface area contributed by atoms with Crippen molar-refractivity contribution in [1.29, 1.82) is 0 Å². The van der Waals surface area contributed by atoms with Gasteiger partial charge in [0, 0.05) is 6.07 Å². The van der Waals surface area contributed by atoms with Crippen LogP contribution < -0.4 is 0 Å². The molecule has 1 aromatic heterocycles. The highest BCUT2D eigenvalue weighted by Gasteiger charge is 2.23. The average molecular weight is 291 g/mol. The quantitative estimate of drug-likeness (QED) is 0.352. The number of thioether (sulfide) groups is 1. The lowest BCUT2D eigenvalue weighted by Crippen LogP contribution is -2.02. The third-order valence-corrected chi connectivity index (χ3v) is 4.17. The standard InChI is InChI=1S/C9H9NO6S2/c1-15-7(11)4-17-9-5(10(13)14)3-6(18-9)8(12)16-2/h3H,4H2,1-2H3. The normalized spacial score (nSPS) is 9.89. The molecule has 1 aromatic rings. The van der Waals surface area contributed by atoms with E-state index in [1.54, 1.807) is 0 Å². The van der Waals surface area contributed by atoms with Crippen molar-refractivity contribution < 1.29 is 24.0 Å². The molecule has 7 nitrogen and oxygen atoms in total. The summed E-state index contributed by atoms with van der Waals surface area (Å²) in [5, 5.41) is 10.8. The molecule has 0 radical (unpaired) electrons. The van der Waals surface area contributed by atoms with Crippen LogP contribution in [0.5, 0.6) is 0 Å². The van der Waals surface area contributed by atoms with Crippen molar-refractivity contribution in [2.75, 3.05) is 20.0 Å². The van der Waals surface area contributed by atoms with Gasteiger partial charge in [-0.3, -0.25) is 14.9 Å². The molecular formula is C9H9NO6S2. The fourth-order valence-corrected chi connectivity index (χ4v) is 3.08. The van der Waals surface area contributed by atoms with E-state index < -0.39 is 16.9 Å². The van der Waals surface area contributed by atoms with E-state index in [4.69, 9.17) is 0 Å². The number of nitro groups is 1. The number of ether oxygens (including phenoxy) is 2. The first-order valence-electron chi connectivity index (χ1n) is 4.55. The first kappa shape index (κ1) is 14.5. The molecule has 0 aliphatic heterocycles. The molecule has 0 unspecified atom stereocenters. The van der Waals surface area contributed by atoms with Gasteiger partial charge in [-0.15, -0.1) is 11.3 Å². The number of carbonyl (C=O) groups is 2. The van der Waals surface area contributed by atoms with Crippen LogP contribution in [0.4, 0.5) is 5.69 Å². The van der Waals surface area contributed by atoms with Gasteiger partial charge in [0.2, 0.25) is 0 Å². The Morgan fingerprint density at radius 3 is 2.61 bits per heavy atom. The second-order valence-corrected chi connectivity index (χ2v) is 5.19. The largest absolute Gasteiger partial charge is 0.468 e. The van der Waals surface area contributed by atoms with Gasteiger partial charge in [-0.2, -0.15) is 0 Å². The van der Waals surface area contributed by atoms with E-state index >= 15 is 0 Å². The SMILES string of the molecule is COC(=O)CSc1sc(C(=O)OC)cc1[N+](=O)[O-]. The molecule has 0 aliphatic carbocycles. The third kappa shape index (κ3) is 3.44. The molecule has 0 fully saturated rings. The summed E-state index contributed by atoms with van der Waals surface area (Å²) in [6.07, 6.45) is 0. The Kier molecular flexibility index (Phi) is 5.10. The molecule has 0 saturated heterocycles. The summed E-state index contributed by atoms with van der Waals surface area (Å²) in [7, 11) is 2.42. The van der Waals surface area contributed by atoms with E-state index in [-0.39, 0.29) is 20.5 Å². The van der Waals surface area contributed by atoms with Crippen LogP contribution in [0.2, 0.25) is 0 Å². The first-order valence-corrected chi connectivity index (χ1v) is 6.36. The molecule has 1 heterocycles. The summed E-state index contributed by atoms with van der Waals surface area (Å²) in [5.41, 5.74) is -0.214. The fourth-order valence-electron chi connectivity index (χ4n) is 0.980. The van der Waals surface area contributed by atoms with Crippen LogP contribution in [0.1, 0.15) is 9.67 Å². The van der Waals surface area contributed by atoms with Gasteiger partial charge in [0.25, 0.3) is 5.69 Å². The lowest BCUT2D eigenvalue weighted by Gasteiger charge is -1.96. The first-order chi connectivity index (χ1) is 8.49. The molecule has 98 valence electrons. The number of methoxy groups -OCH3 is 2. The van der Waals surface area contributed by atoms with E-state index in [9.17, 15) is 19.7 Å². The molecule has 0 amide bonds. The van der Waals surface area contributed by atoms with Crippen LogP contribution >= 0.6 is 23.1 Å². The van der Waals surface area contributed by atoms with Gasteiger partial charge >= 0.3 is 11.9 Å². The third-order valence-electron chi connectivity index (χ3n) is 1.81. The van der Waals surface area contributed by atoms with E-state index in [1.807, 2.05) is 0 Å². The van der Waals surface area contributed by atoms with Gasteiger partial charge in [0.15, 0.2) is 0 Å². The molecule has 0 spiro atoms. The molecule has 0 atom stereocenters. The minimum atomic E-state index is -0.645. The molecule has 0 aliphatic rings. The molecule has 0 N–H and O–H groups in total. The monoisotopic (exact) mass is 291 g/mol. The molecule has 0 aromatic carbocycles. The highest BCUT2D eigenvalue weighted by Crippen LogP contribution is 2.37. The van der Waals surface area contributed by atoms with E-state index in [2.05, 4.69) is 9.47 Å². The Bertz CT molecular complexity index is 483. The number of hydrogen-bond acceptors (Lipinski definition) is 8. The highest BCUT2D eigenvalue weighted by molar-refractivity contribution is 8.01. The summed E-state index contributed by atoms with van der Waals surface area (Å²) >= 11 is 1.86. The maximum Gasteiger partial charge on any atom is 0.348 e. The van der Waals surface area contributed by atoms with Crippen molar-refractivity contribution in [2.45, 2.75) is 4.21 Å². The Morgan fingerprint density at radius 2 is 2.11 bits per heavy atom. The van der Waals surface area contributed by atoms with Crippen LogP contribution in [0.15, 0.2) is 10.3 Å². The maximum absolute atomic E-state index is 11.3. The minimum Gasteiger partial charge on any atom is -0.468 e. The molecular weight excluding hydrogens is 282 g/mol. The zero-order valence-corrected chi connectivity index (χ0v) is 11.1. The highest BCUT2D eigenvalue weighted by atomic mass is 32.2. The summed E-state index contributed by atoms with van der Waals surface area (Å²) in [4.78, 5) is 32.5. The van der Waals surface area contributed by atoms with Crippen LogP contribution in [0.25, 0.3) is 0 Å². The van der Waals surface area contributed by atoms with Gasteiger partial charge in [-0.25, -0.2) is 4.79 Å². The van der Waals surface area contributed by atoms with E-state index in [0.29, 0.717) is 0 Å². The summed E-state index contributed by atoms with van der Waals surface area (Å²) in [6, 6.07) is 1.14. The number of rotatable bonds is 5.